The van der Waals surface area contributed by atoms with Crippen molar-refractivity contribution in [3.8, 4) is 11.5 Å². The van der Waals surface area contributed by atoms with Crippen molar-refractivity contribution in [3.63, 3.8) is 0 Å². The lowest BCUT2D eigenvalue weighted by Gasteiger charge is -2.18. The number of carbonyl (C=O) groups is 3. The lowest BCUT2D eigenvalue weighted by atomic mass is 10.3. The minimum absolute atomic E-state index is 0.125. The molecule has 3 amide bonds. The topological polar surface area (TPSA) is 94.2 Å². The Labute approximate surface area is 146 Å². The smallest absolute Gasteiger partial charge is 0.324 e. The molecule has 0 bridgehead atoms. The van der Waals surface area contributed by atoms with Gasteiger partial charge in [0.05, 0.1) is 13.7 Å². The zero-order chi connectivity index (χ0) is 18.2. The van der Waals surface area contributed by atoms with Crippen LogP contribution in [-0.4, -0.2) is 55.7 Å². The molecule has 136 valence electrons. The Kier molecular flexibility index (Phi) is 6.62. The lowest BCUT2D eigenvalue weighted by Crippen LogP contribution is -2.41. The number of carbonyl (C=O) groups excluding carboxylic acids is 3. The summed E-state index contributed by atoms with van der Waals surface area (Å²) in [4.78, 5) is 36.3. The van der Waals surface area contributed by atoms with Crippen molar-refractivity contribution in [1.82, 2.24) is 10.2 Å². The van der Waals surface area contributed by atoms with Crippen LogP contribution < -0.4 is 14.8 Å². The van der Waals surface area contributed by atoms with Gasteiger partial charge in [-0.3, -0.25) is 14.5 Å². The van der Waals surface area contributed by atoms with Crippen molar-refractivity contribution in [3.05, 3.63) is 24.3 Å². The molecule has 1 aromatic rings. The van der Waals surface area contributed by atoms with E-state index < -0.39 is 24.0 Å². The highest BCUT2D eigenvalue weighted by molar-refractivity contribution is 5.98. The minimum atomic E-state index is -0.987. The van der Waals surface area contributed by atoms with Crippen molar-refractivity contribution in [1.29, 1.82) is 0 Å². The van der Waals surface area contributed by atoms with Gasteiger partial charge in [0.1, 0.15) is 11.5 Å². The maximum absolute atomic E-state index is 12.0. The van der Waals surface area contributed by atoms with Gasteiger partial charge in [0.25, 0.3) is 5.91 Å². The molecule has 2 rings (SSSR count). The Morgan fingerprint density at radius 1 is 1.24 bits per heavy atom. The van der Waals surface area contributed by atoms with Gasteiger partial charge in [0.15, 0.2) is 6.10 Å². The first kappa shape index (κ1) is 18.6. The number of nitrogens with zero attached hydrogens (tertiary/aromatic N) is 1. The van der Waals surface area contributed by atoms with E-state index in [4.69, 9.17) is 14.2 Å². The van der Waals surface area contributed by atoms with Crippen LogP contribution in [0.2, 0.25) is 0 Å². The number of urea groups is 1. The molecule has 1 saturated heterocycles. The number of esters is 1. The highest BCUT2D eigenvalue weighted by atomic mass is 16.5. The molecule has 1 atom stereocenters. The molecule has 0 aromatic heterocycles. The molecule has 8 heteroatoms. The summed E-state index contributed by atoms with van der Waals surface area (Å²) in [5.74, 6) is 0.399. The Hall–Kier alpha value is -2.77. The van der Waals surface area contributed by atoms with Gasteiger partial charge < -0.3 is 19.5 Å². The van der Waals surface area contributed by atoms with Crippen molar-refractivity contribution < 1.29 is 28.6 Å². The van der Waals surface area contributed by atoms with Crippen molar-refractivity contribution >= 4 is 17.9 Å². The van der Waals surface area contributed by atoms with Gasteiger partial charge in [-0.1, -0.05) is 0 Å². The van der Waals surface area contributed by atoms with E-state index >= 15 is 0 Å². The van der Waals surface area contributed by atoms with E-state index in [1.807, 2.05) is 0 Å². The first-order valence-corrected chi connectivity index (χ1v) is 8.07. The number of amides is 3. The molecular weight excluding hydrogens is 328 g/mol. The summed E-state index contributed by atoms with van der Waals surface area (Å²) in [5, 5.41) is 2.52. The first-order chi connectivity index (χ1) is 12.0. The third kappa shape index (κ3) is 5.37. The van der Waals surface area contributed by atoms with Crippen LogP contribution >= 0.6 is 0 Å². The molecule has 1 heterocycles. The fourth-order valence-electron chi connectivity index (χ4n) is 2.29. The molecule has 8 nitrogen and oxygen atoms in total. The van der Waals surface area contributed by atoms with Gasteiger partial charge in [-0.2, -0.15) is 0 Å². The fraction of sp³-hybridized carbons (Fsp3) is 0.471. The molecule has 0 spiro atoms. The molecular formula is C17H22N2O6. The average molecular weight is 350 g/mol. The molecule has 0 saturated carbocycles. The summed E-state index contributed by atoms with van der Waals surface area (Å²) < 4.78 is 15.6. The molecule has 1 N–H and O–H groups in total. The summed E-state index contributed by atoms with van der Waals surface area (Å²) in [6, 6.07) is 6.66. The summed E-state index contributed by atoms with van der Waals surface area (Å²) in [6.07, 6.45) is -0.408. The normalized spacial score (nSPS) is 14.6. The van der Waals surface area contributed by atoms with Crippen LogP contribution in [-0.2, 0) is 14.3 Å². The van der Waals surface area contributed by atoms with Crippen LogP contribution in [0.15, 0.2) is 24.3 Å². The molecule has 25 heavy (non-hydrogen) atoms. The van der Waals surface area contributed by atoms with Gasteiger partial charge in [-0.25, -0.2) is 4.79 Å². The molecule has 1 aromatic carbocycles. The predicted octanol–water partition coefficient (Wildman–Crippen LogP) is 1.34. The quantitative estimate of drug-likeness (QED) is 0.562. The molecule has 0 radical (unpaired) electrons. The van der Waals surface area contributed by atoms with Crippen LogP contribution in [0.3, 0.4) is 0 Å². The van der Waals surface area contributed by atoms with Gasteiger partial charge in [0, 0.05) is 19.5 Å². The van der Waals surface area contributed by atoms with E-state index in [-0.39, 0.29) is 13.0 Å². The summed E-state index contributed by atoms with van der Waals surface area (Å²) in [7, 11) is 1.59. The minimum Gasteiger partial charge on any atom is -0.497 e. The third-order valence-corrected chi connectivity index (χ3v) is 3.63. The Morgan fingerprint density at radius 3 is 2.52 bits per heavy atom. The fourth-order valence-corrected chi connectivity index (χ4v) is 2.29. The highest BCUT2D eigenvalue weighted by Crippen LogP contribution is 2.17. The largest absolute Gasteiger partial charge is 0.497 e. The maximum atomic E-state index is 12.0. The van der Waals surface area contributed by atoms with Crippen LogP contribution in [0.1, 0.15) is 19.8 Å². The zero-order valence-corrected chi connectivity index (χ0v) is 14.3. The monoisotopic (exact) mass is 350 g/mol. The van der Waals surface area contributed by atoms with E-state index in [1.165, 1.54) is 6.92 Å². The van der Waals surface area contributed by atoms with Crippen LogP contribution in [0.25, 0.3) is 0 Å². The van der Waals surface area contributed by atoms with E-state index in [9.17, 15) is 14.4 Å². The van der Waals surface area contributed by atoms with E-state index in [0.29, 0.717) is 25.3 Å². The first-order valence-electron chi connectivity index (χ1n) is 8.07. The van der Waals surface area contributed by atoms with Crippen LogP contribution in [0, 0.1) is 0 Å². The standard InChI is InChI=1S/C17H22N2O6/c1-12(16(21)19-10-9-18-17(19)22)25-15(20)4-3-11-24-14-7-5-13(23-2)6-8-14/h5-8,12H,3-4,9-11H2,1-2H3,(H,18,22)/t12-/m0/s1. The molecule has 0 aliphatic carbocycles. The Morgan fingerprint density at radius 2 is 1.92 bits per heavy atom. The number of benzene rings is 1. The lowest BCUT2D eigenvalue weighted by molar-refractivity contribution is -0.157. The second kappa shape index (κ2) is 8.91. The number of rotatable bonds is 8. The van der Waals surface area contributed by atoms with Crippen molar-refractivity contribution in [2.24, 2.45) is 0 Å². The highest BCUT2D eigenvalue weighted by Gasteiger charge is 2.31. The number of nitrogens with one attached hydrogen (secondary N) is 1. The number of methoxy groups -OCH3 is 1. The second-order valence-corrected chi connectivity index (χ2v) is 5.48. The van der Waals surface area contributed by atoms with Crippen LogP contribution in [0.5, 0.6) is 11.5 Å². The van der Waals surface area contributed by atoms with Crippen molar-refractivity contribution in [2.75, 3.05) is 26.8 Å². The molecule has 1 fully saturated rings. The van der Waals surface area contributed by atoms with Gasteiger partial charge >= 0.3 is 12.0 Å². The summed E-state index contributed by atoms with van der Waals surface area (Å²) >= 11 is 0. The van der Waals surface area contributed by atoms with Gasteiger partial charge in [-0.15, -0.1) is 0 Å². The maximum Gasteiger partial charge on any atom is 0.324 e. The number of ether oxygens (including phenoxy) is 3. The second-order valence-electron chi connectivity index (χ2n) is 5.48. The van der Waals surface area contributed by atoms with Crippen molar-refractivity contribution in [2.45, 2.75) is 25.9 Å². The van der Waals surface area contributed by atoms with E-state index in [0.717, 1.165) is 10.6 Å². The van der Waals surface area contributed by atoms with E-state index in [2.05, 4.69) is 5.32 Å². The van der Waals surface area contributed by atoms with Crippen LogP contribution in [0.4, 0.5) is 4.79 Å². The van der Waals surface area contributed by atoms with Gasteiger partial charge in [-0.05, 0) is 37.6 Å². The molecule has 0 unspecified atom stereocenters. The summed E-state index contributed by atoms with van der Waals surface area (Å²) in [6.45, 7) is 2.50. The third-order valence-electron chi connectivity index (χ3n) is 3.63. The molecule has 1 aliphatic rings. The number of hydrogen-bond donors (Lipinski definition) is 1. The van der Waals surface area contributed by atoms with Gasteiger partial charge in [0.2, 0.25) is 0 Å². The number of imide groups is 1. The Bertz CT molecular complexity index is 616. The van der Waals surface area contributed by atoms with E-state index in [1.54, 1.807) is 31.4 Å². The molecule has 1 aliphatic heterocycles. The summed E-state index contributed by atoms with van der Waals surface area (Å²) in [5.41, 5.74) is 0. The predicted molar refractivity (Wildman–Crippen MR) is 88.4 cm³/mol. The average Bonchev–Trinajstić information content (AvgIpc) is 3.04. The number of hydrogen-bond acceptors (Lipinski definition) is 6. The Balaban J connectivity index is 1.66. The zero-order valence-electron chi connectivity index (χ0n) is 14.3. The SMILES string of the molecule is COc1ccc(OCCCC(=O)O[C@@H](C)C(=O)N2CCNC2=O)cc1.